The third-order valence-corrected chi connectivity index (χ3v) is 3.36. The minimum absolute atomic E-state index is 0.346. The highest BCUT2D eigenvalue weighted by atomic mass is 35.5. The predicted octanol–water partition coefficient (Wildman–Crippen LogP) is 4.04. The molecule has 0 saturated carbocycles. The van der Waals surface area contributed by atoms with E-state index in [2.05, 4.69) is 0 Å². The summed E-state index contributed by atoms with van der Waals surface area (Å²) in [6.45, 7) is 0. The lowest BCUT2D eigenvalue weighted by Gasteiger charge is -1.94. The standard InChI is InChI=1S/C6H2Cl4OS/c7-2-1-3(12-6(2)10)4(11)5(8)9/h1,5H. The molecule has 0 spiro atoms. The van der Waals surface area contributed by atoms with E-state index < -0.39 is 4.84 Å². The van der Waals surface area contributed by atoms with E-state index in [0.29, 0.717) is 14.2 Å². The van der Waals surface area contributed by atoms with Crippen LogP contribution in [0.15, 0.2) is 6.07 Å². The van der Waals surface area contributed by atoms with Crippen molar-refractivity contribution in [2.75, 3.05) is 0 Å². The molecule has 0 aliphatic heterocycles. The van der Waals surface area contributed by atoms with Gasteiger partial charge in [0.1, 0.15) is 4.34 Å². The summed E-state index contributed by atoms with van der Waals surface area (Å²) in [6.07, 6.45) is 0. The molecule has 66 valence electrons. The summed E-state index contributed by atoms with van der Waals surface area (Å²) in [5, 5.41) is 0.346. The van der Waals surface area contributed by atoms with E-state index in [1.54, 1.807) is 0 Å². The van der Waals surface area contributed by atoms with Gasteiger partial charge in [-0.3, -0.25) is 4.79 Å². The zero-order valence-corrected chi connectivity index (χ0v) is 9.32. The van der Waals surface area contributed by atoms with Crippen molar-refractivity contribution in [1.29, 1.82) is 0 Å². The molecule has 0 bridgehead atoms. The van der Waals surface area contributed by atoms with Crippen molar-refractivity contribution in [2.45, 2.75) is 4.84 Å². The van der Waals surface area contributed by atoms with E-state index in [1.165, 1.54) is 6.07 Å². The molecule has 0 fully saturated rings. The number of carbonyl (C=O) groups excluding carboxylic acids is 1. The van der Waals surface area contributed by atoms with Gasteiger partial charge in [-0.1, -0.05) is 46.4 Å². The number of carbonyl (C=O) groups is 1. The molecular weight excluding hydrogens is 262 g/mol. The summed E-state index contributed by atoms with van der Waals surface area (Å²) < 4.78 is 0.369. The van der Waals surface area contributed by atoms with Gasteiger partial charge in [-0.2, -0.15) is 0 Å². The smallest absolute Gasteiger partial charge is 0.205 e. The van der Waals surface area contributed by atoms with Gasteiger partial charge in [0.25, 0.3) is 0 Å². The van der Waals surface area contributed by atoms with Gasteiger partial charge in [-0.25, -0.2) is 0 Å². The predicted molar refractivity (Wildman–Crippen MR) is 54.2 cm³/mol. The third-order valence-electron chi connectivity index (χ3n) is 1.09. The lowest BCUT2D eigenvalue weighted by atomic mass is 10.3. The zero-order chi connectivity index (χ0) is 9.30. The average molecular weight is 264 g/mol. The highest BCUT2D eigenvalue weighted by Crippen LogP contribution is 2.32. The van der Waals surface area contributed by atoms with Crippen molar-refractivity contribution in [3.8, 4) is 0 Å². The fourth-order valence-electron chi connectivity index (χ4n) is 0.576. The van der Waals surface area contributed by atoms with Gasteiger partial charge in [-0.15, -0.1) is 11.3 Å². The van der Waals surface area contributed by atoms with Crippen LogP contribution in [0, 0.1) is 0 Å². The second-order valence-corrected chi connectivity index (χ2v) is 5.05. The Morgan fingerprint density at radius 2 is 2.00 bits per heavy atom. The minimum atomic E-state index is -1.06. The fraction of sp³-hybridized carbons (Fsp3) is 0.167. The first-order chi connectivity index (χ1) is 5.52. The Balaban J connectivity index is 2.97. The maximum Gasteiger partial charge on any atom is 0.205 e. The molecule has 1 rings (SSSR count). The van der Waals surface area contributed by atoms with Crippen LogP contribution >= 0.6 is 57.7 Å². The molecule has 6 heteroatoms. The Hall–Kier alpha value is 0.530. The number of thiophene rings is 1. The van der Waals surface area contributed by atoms with Crippen molar-refractivity contribution in [2.24, 2.45) is 0 Å². The van der Waals surface area contributed by atoms with Crippen LogP contribution in [0.4, 0.5) is 0 Å². The molecule has 1 nitrogen and oxygen atoms in total. The Morgan fingerprint density at radius 3 is 2.33 bits per heavy atom. The van der Waals surface area contributed by atoms with Gasteiger partial charge in [0.05, 0.1) is 9.90 Å². The topological polar surface area (TPSA) is 17.1 Å². The molecule has 1 aromatic rings. The number of hydrogen-bond donors (Lipinski definition) is 0. The Labute approximate surface area is 93.2 Å². The summed E-state index contributed by atoms with van der Waals surface area (Å²) in [4.78, 5) is 10.5. The molecule has 0 aromatic carbocycles. The lowest BCUT2D eigenvalue weighted by Crippen LogP contribution is -2.05. The highest BCUT2D eigenvalue weighted by molar-refractivity contribution is 7.19. The number of ketones is 1. The summed E-state index contributed by atoms with van der Waals surface area (Å²) >= 11 is 23.0. The van der Waals surface area contributed by atoms with Gasteiger partial charge < -0.3 is 0 Å². The molecule has 0 aliphatic carbocycles. The first-order valence-electron chi connectivity index (χ1n) is 2.79. The Kier molecular flexibility index (Phi) is 3.68. The van der Waals surface area contributed by atoms with Crippen molar-refractivity contribution in [1.82, 2.24) is 0 Å². The monoisotopic (exact) mass is 262 g/mol. The van der Waals surface area contributed by atoms with Gasteiger partial charge in [0.2, 0.25) is 5.78 Å². The SMILES string of the molecule is O=C(c1cc(Cl)c(Cl)s1)C(Cl)Cl. The number of Topliss-reactive ketones (excluding diaryl/α,β-unsaturated/α-hetero) is 1. The van der Waals surface area contributed by atoms with Crippen LogP contribution in [0.2, 0.25) is 9.36 Å². The first-order valence-corrected chi connectivity index (χ1v) is 5.24. The molecule has 12 heavy (non-hydrogen) atoms. The highest BCUT2D eigenvalue weighted by Gasteiger charge is 2.18. The number of alkyl halides is 2. The van der Waals surface area contributed by atoms with Crippen LogP contribution in [0.1, 0.15) is 9.67 Å². The van der Waals surface area contributed by atoms with Crippen LogP contribution in [0.3, 0.4) is 0 Å². The maximum absolute atomic E-state index is 11.1. The molecule has 0 radical (unpaired) electrons. The second kappa shape index (κ2) is 4.16. The molecule has 0 N–H and O–H groups in total. The molecule has 0 atom stereocenters. The van der Waals surface area contributed by atoms with E-state index in [9.17, 15) is 4.79 Å². The molecule has 0 aliphatic rings. The lowest BCUT2D eigenvalue weighted by molar-refractivity contribution is 0.101. The summed E-state index contributed by atoms with van der Waals surface area (Å²) in [7, 11) is 0. The molecule has 1 heterocycles. The van der Waals surface area contributed by atoms with Gasteiger partial charge in [0, 0.05) is 0 Å². The van der Waals surface area contributed by atoms with Crippen LogP contribution in [0.25, 0.3) is 0 Å². The molecular formula is C6H2Cl4OS. The normalized spacial score (nSPS) is 10.8. The van der Waals surface area contributed by atoms with E-state index in [-0.39, 0.29) is 5.78 Å². The molecule has 0 amide bonds. The van der Waals surface area contributed by atoms with E-state index in [0.717, 1.165) is 11.3 Å². The quantitative estimate of drug-likeness (QED) is 0.581. The fourth-order valence-corrected chi connectivity index (χ4v) is 2.28. The third kappa shape index (κ3) is 2.27. The summed E-state index contributed by atoms with van der Waals surface area (Å²) in [5.74, 6) is -0.378. The van der Waals surface area contributed by atoms with Crippen LogP contribution in [-0.4, -0.2) is 10.6 Å². The molecule has 0 unspecified atom stereocenters. The van der Waals surface area contributed by atoms with Gasteiger partial charge >= 0.3 is 0 Å². The molecule has 0 saturated heterocycles. The minimum Gasteiger partial charge on any atom is -0.290 e. The van der Waals surface area contributed by atoms with Crippen LogP contribution in [0.5, 0.6) is 0 Å². The number of rotatable bonds is 2. The number of halogens is 4. The molecule has 1 aromatic heterocycles. The van der Waals surface area contributed by atoms with Crippen molar-refractivity contribution < 1.29 is 4.79 Å². The summed E-state index contributed by atoms with van der Waals surface area (Å²) in [6, 6.07) is 1.45. The Bertz CT molecular complexity index is 287. The van der Waals surface area contributed by atoms with Crippen molar-refractivity contribution in [3.05, 3.63) is 20.3 Å². The second-order valence-electron chi connectivity index (χ2n) is 1.90. The Morgan fingerprint density at radius 1 is 1.42 bits per heavy atom. The van der Waals surface area contributed by atoms with Crippen molar-refractivity contribution >= 4 is 63.5 Å². The summed E-state index contributed by atoms with van der Waals surface area (Å²) in [5.41, 5.74) is 0. The van der Waals surface area contributed by atoms with Crippen molar-refractivity contribution in [3.63, 3.8) is 0 Å². The largest absolute Gasteiger partial charge is 0.290 e. The van der Waals surface area contributed by atoms with E-state index in [4.69, 9.17) is 46.4 Å². The first kappa shape index (κ1) is 10.6. The van der Waals surface area contributed by atoms with Gasteiger partial charge in [-0.05, 0) is 6.07 Å². The number of hydrogen-bond acceptors (Lipinski definition) is 2. The maximum atomic E-state index is 11.1. The van der Waals surface area contributed by atoms with E-state index in [1.807, 2.05) is 0 Å². The van der Waals surface area contributed by atoms with Crippen LogP contribution < -0.4 is 0 Å². The zero-order valence-electron chi connectivity index (χ0n) is 5.48. The van der Waals surface area contributed by atoms with Gasteiger partial charge in [0.15, 0.2) is 4.84 Å². The van der Waals surface area contributed by atoms with Crippen LogP contribution in [-0.2, 0) is 0 Å². The van der Waals surface area contributed by atoms with E-state index >= 15 is 0 Å². The average Bonchev–Trinajstić information content (AvgIpc) is 2.30.